The van der Waals surface area contributed by atoms with E-state index in [-0.39, 0.29) is 12.2 Å². The van der Waals surface area contributed by atoms with E-state index in [1.165, 1.54) is 6.08 Å². The zero-order chi connectivity index (χ0) is 11.5. The number of ether oxygens (including phenoxy) is 1. The lowest BCUT2D eigenvalue weighted by atomic mass is 10.2. The van der Waals surface area contributed by atoms with E-state index in [1.54, 1.807) is 12.2 Å². The molecule has 1 rings (SSSR count). The molecule has 0 atom stereocenters. The molecule has 0 fully saturated rings. The van der Waals surface area contributed by atoms with E-state index in [2.05, 4.69) is 33.3 Å². The van der Waals surface area contributed by atoms with Crippen LogP contribution >= 0.6 is 28.6 Å². The van der Waals surface area contributed by atoms with Crippen LogP contribution in [0.1, 0.15) is 12.8 Å². The van der Waals surface area contributed by atoms with Crippen LogP contribution in [0.5, 0.6) is 0 Å². The fourth-order valence-corrected chi connectivity index (χ4v) is 1.74. The van der Waals surface area contributed by atoms with Crippen LogP contribution in [0.15, 0.2) is 33.4 Å². The molecule has 84 valence electrons. The summed E-state index contributed by atoms with van der Waals surface area (Å²) in [6.45, 7) is 0. The molecule has 0 heterocycles. The van der Waals surface area contributed by atoms with Crippen molar-refractivity contribution in [2.75, 3.05) is 0 Å². The summed E-state index contributed by atoms with van der Waals surface area (Å²) in [6.07, 6.45) is 0.788. The molecule has 0 saturated carbocycles. The van der Waals surface area contributed by atoms with E-state index in [9.17, 15) is 13.2 Å². The highest BCUT2D eigenvalue weighted by atomic mass is 79.9. The monoisotopic (exact) mass is 300 g/mol. The number of allylic oxidation sites excluding steroid dienone is 5. The maximum atomic E-state index is 12.0. The van der Waals surface area contributed by atoms with Crippen LogP contribution < -0.4 is 0 Å². The minimum absolute atomic E-state index is 0.0472. The Labute approximate surface area is 99.2 Å². The van der Waals surface area contributed by atoms with Gasteiger partial charge in [0.15, 0.2) is 0 Å². The standard InChI is InChI=1S/C9H8BrF3OS/c10-6-2-1-3-8(15)5-7(4-6)14-9(11,12)13/h2-4,15H,1,5H2/b6-2?,7-4+,8-3+. The third-order valence-corrected chi connectivity index (χ3v) is 2.46. The molecular formula is C9H8BrF3OS. The number of thiol groups is 1. The van der Waals surface area contributed by atoms with Crippen LogP contribution in [-0.2, 0) is 4.74 Å². The molecule has 0 aliphatic heterocycles. The molecule has 1 aliphatic carbocycles. The van der Waals surface area contributed by atoms with Crippen LogP contribution in [0.2, 0.25) is 0 Å². The van der Waals surface area contributed by atoms with Crippen LogP contribution in [0.3, 0.4) is 0 Å². The van der Waals surface area contributed by atoms with Gasteiger partial charge < -0.3 is 4.74 Å². The van der Waals surface area contributed by atoms with Crippen molar-refractivity contribution in [3.63, 3.8) is 0 Å². The first-order valence-electron chi connectivity index (χ1n) is 4.07. The smallest absolute Gasteiger partial charge is 0.410 e. The Morgan fingerprint density at radius 2 is 2.00 bits per heavy atom. The van der Waals surface area contributed by atoms with Gasteiger partial charge in [0.2, 0.25) is 0 Å². The maximum absolute atomic E-state index is 12.0. The van der Waals surface area contributed by atoms with Crippen LogP contribution in [-0.4, -0.2) is 6.36 Å². The van der Waals surface area contributed by atoms with Gasteiger partial charge in [0.25, 0.3) is 0 Å². The Balaban J connectivity index is 2.85. The Morgan fingerprint density at radius 1 is 1.33 bits per heavy atom. The lowest BCUT2D eigenvalue weighted by Gasteiger charge is -2.13. The highest BCUT2D eigenvalue weighted by Gasteiger charge is 2.32. The van der Waals surface area contributed by atoms with Crippen molar-refractivity contribution < 1.29 is 17.9 Å². The second-order valence-electron chi connectivity index (χ2n) is 2.86. The van der Waals surface area contributed by atoms with E-state index < -0.39 is 6.36 Å². The molecule has 1 aliphatic rings. The number of halogens is 4. The van der Waals surface area contributed by atoms with Crippen molar-refractivity contribution >= 4 is 28.6 Å². The fraction of sp³-hybridized carbons (Fsp3) is 0.333. The van der Waals surface area contributed by atoms with Crippen molar-refractivity contribution in [3.8, 4) is 0 Å². The summed E-state index contributed by atoms with van der Waals surface area (Å²) in [5, 5.41) is 0. The molecule has 0 spiro atoms. The first-order chi connectivity index (χ1) is 6.87. The SMILES string of the molecule is FC(F)(F)O/C1=C/C(Br)=CC/C=C(/S)C1. The predicted molar refractivity (Wildman–Crippen MR) is 58.5 cm³/mol. The molecule has 0 aromatic rings. The minimum atomic E-state index is -4.66. The summed E-state index contributed by atoms with van der Waals surface area (Å²) < 4.78 is 40.4. The van der Waals surface area contributed by atoms with Gasteiger partial charge in [-0.1, -0.05) is 28.1 Å². The number of rotatable bonds is 1. The zero-order valence-electron chi connectivity index (χ0n) is 7.51. The van der Waals surface area contributed by atoms with Gasteiger partial charge >= 0.3 is 6.36 Å². The van der Waals surface area contributed by atoms with E-state index in [0.717, 1.165) is 0 Å². The van der Waals surface area contributed by atoms with Gasteiger partial charge in [0, 0.05) is 10.9 Å². The van der Waals surface area contributed by atoms with E-state index in [4.69, 9.17) is 0 Å². The first-order valence-corrected chi connectivity index (χ1v) is 5.31. The highest BCUT2D eigenvalue weighted by Crippen LogP contribution is 2.29. The Hall–Kier alpha value is -0.360. The van der Waals surface area contributed by atoms with E-state index in [0.29, 0.717) is 15.8 Å². The molecule has 0 bridgehead atoms. The van der Waals surface area contributed by atoms with Crippen LogP contribution in [0.25, 0.3) is 0 Å². The van der Waals surface area contributed by atoms with Gasteiger partial charge in [-0.3, -0.25) is 0 Å². The van der Waals surface area contributed by atoms with Crippen molar-refractivity contribution in [2.24, 2.45) is 0 Å². The molecule has 0 radical (unpaired) electrons. The zero-order valence-corrected chi connectivity index (χ0v) is 9.99. The Bertz CT molecular complexity index is 331. The summed E-state index contributed by atoms with van der Waals surface area (Å²) in [5.74, 6) is -0.174. The van der Waals surface area contributed by atoms with Gasteiger partial charge in [-0.15, -0.1) is 25.8 Å². The van der Waals surface area contributed by atoms with Crippen LogP contribution in [0, 0.1) is 0 Å². The van der Waals surface area contributed by atoms with Gasteiger partial charge in [-0.25, -0.2) is 0 Å². The van der Waals surface area contributed by atoms with Gasteiger partial charge in [-0.2, -0.15) is 0 Å². The summed E-state index contributed by atoms with van der Waals surface area (Å²) >= 11 is 7.17. The molecule has 6 heteroatoms. The van der Waals surface area contributed by atoms with E-state index >= 15 is 0 Å². The van der Waals surface area contributed by atoms with E-state index in [1.807, 2.05) is 0 Å². The molecule has 0 N–H and O–H groups in total. The number of alkyl halides is 3. The maximum Gasteiger partial charge on any atom is 0.572 e. The summed E-state index contributed by atoms with van der Waals surface area (Å²) in [7, 11) is 0. The van der Waals surface area contributed by atoms with Crippen molar-refractivity contribution in [1.82, 2.24) is 0 Å². The van der Waals surface area contributed by atoms with Gasteiger partial charge in [-0.05, 0) is 17.4 Å². The first kappa shape index (κ1) is 12.7. The molecule has 15 heavy (non-hydrogen) atoms. The molecule has 0 saturated heterocycles. The normalized spacial score (nSPS) is 25.3. The number of hydrogen-bond acceptors (Lipinski definition) is 2. The number of hydrogen-bond donors (Lipinski definition) is 1. The minimum Gasteiger partial charge on any atom is -0.410 e. The second-order valence-corrected chi connectivity index (χ2v) is 4.35. The lowest BCUT2D eigenvalue weighted by Crippen LogP contribution is -2.13. The molecule has 0 aromatic heterocycles. The Morgan fingerprint density at radius 3 is 2.60 bits per heavy atom. The molecule has 1 nitrogen and oxygen atoms in total. The third kappa shape index (κ3) is 5.32. The molecule has 0 amide bonds. The molecule has 0 unspecified atom stereocenters. The highest BCUT2D eigenvalue weighted by molar-refractivity contribution is 9.11. The van der Waals surface area contributed by atoms with Crippen LogP contribution in [0.4, 0.5) is 13.2 Å². The quantitative estimate of drug-likeness (QED) is 0.711. The predicted octanol–water partition coefficient (Wildman–Crippen LogP) is 4.29. The topological polar surface area (TPSA) is 9.23 Å². The van der Waals surface area contributed by atoms with Crippen molar-refractivity contribution in [1.29, 1.82) is 0 Å². The average molecular weight is 301 g/mol. The lowest BCUT2D eigenvalue weighted by molar-refractivity contribution is -0.306. The second kappa shape index (κ2) is 5.12. The van der Waals surface area contributed by atoms with Crippen molar-refractivity contribution in [2.45, 2.75) is 19.2 Å². The molecular weight excluding hydrogens is 293 g/mol. The Kier molecular flexibility index (Phi) is 4.33. The molecule has 0 aromatic carbocycles. The summed E-state index contributed by atoms with van der Waals surface area (Å²) in [5.41, 5.74) is 0. The fourth-order valence-electron chi connectivity index (χ4n) is 1.04. The summed E-state index contributed by atoms with van der Waals surface area (Å²) in [4.78, 5) is 0.557. The van der Waals surface area contributed by atoms with Gasteiger partial charge in [0.05, 0.1) is 0 Å². The third-order valence-electron chi connectivity index (χ3n) is 1.57. The van der Waals surface area contributed by atoms with Crippen molar-refractivity contribution in [3.05, 3.63) is 33.4 Å². The average Bonchev–Trinajstić information content (AvgIpc) is 1.97. The largest absolute Gasteiger partial charge is 0.572 e. The van der Waals surface area contributed by atoms with Gasteiger partial charge in [0.1, 0.15) is 5.76 Å². The summed E-state index contributed by atoms with van der Waals surface area (Å²) in [6, 6.07) is 0.